The number of allylic oxidation sites excluding steroid dienone is 1. The lowest BCUT2D eigenvalue weighted by Crippen LogP contribution is -2.29. The van der Waals surface area contributed by atoms with Crippen molar-refractivity contribution in [1.82, 2.24) is 5.32 Å². The van der Waals surface area contributed by atoms with E-state index in [0.717, 1.165) is 42.8 Å². The normalized spacial score (nSPS) is 17.1. The van der Waals surface area contributed by atoms with Crippen molar-refractivity contribution in [3.05, 3.63) is 52.9 Å². The molecule has 0 aliphatic carbocycles. The molecule has 1 aromatic carbocycles. The summed E-state index contributed by atoms with van der Waals surface area (Å²) in [5.74, 6) is 0.393. The SMILES string of the molecule is N=C/C(=C(\N)c1cccc(-c2cccs2)c1)C1CCNCC1. The smallest absolute Gasteiger partial charge is 0.0438 e. The monoisotopic (exact) mass is 311 g/mol. The summed E-state index contributed by atoms with van der Waals surface area (Å²) in [4.78, 5) is 1.24. The number of benzene rings is 1. The van der Waals surface area contributed by atoms with Crippen LogP contribution in [0, 0.1) is 11.3 Å². The van der Waals surface area contributed by atoms with E-state index in [1.807, 2.05) is 12.1 Å². The van der Waals surface area contributed by atoms with E-state index in [1.165, 1.54) is 16.7 Å². The summed E-state index contributed by atoms with van der Waals surface area (Å²) in [5, 5.41) is 13.2. The summed E-state index contributed by atoms with van der Waals surface area (Å²) in [6.45, 7) is 2.01. The predicted octanol–water partition coefficient (Wildman–Crippen LogP) is 3.73. The number of hydrogen-bond acceptors (Lipinski definition) is 4. The Bertz CT molecular complexity index is 667. The van der Waals surface area contributed by atoms with Crippen molar-refractivity contribution in [2.75, 3.05) is 13.1 Å². The Morgan fingerprint density at radius 3 is 2.73 bits per heavy atom. The third kappa shape index (κ3) is 3.13. The van der Waals surface area contributed by atoms with Gasteiger partial charge in [-0.15, -0.1) is 11.3 Å². The predicted molar refractivity (Wildman–Crippen MR) is 95.2 cm³/mol. The van der Waals surface area contributed by atoms with Gasteiger partial charge < -0.3 is 16.5 Å². The lowest BCUT2D eigenvalue weighted by Gasteiger charge is -2.24. The molecule has 2 heterocycles. The molecule has 0 amide bonds. The van der Waals surface area contributed by atoms with Gasteiger partial charge in [-0.25, -0.2) is 0 Å². The van der Waals surface area contributed by atoms with Crippen LogP contribution in [0.25, 0.3) is 16.1 Å². The Morgan fingerprint density at radius 1 is 1.23 bits per heavy atom. The van der Waals surface area contributed by atoms with Gasteiger partial charge in [0.05, 0.1) is 0 Å². The van der Waals surface area contributed by atoms with Gasteiger partial charge in [-0.2, -0.15) is 0 Å². The molecular weight excluding hydrogens is 290 g/mol. The lowest BCUT2D eigenvalue weighted by atomic mass is 9.87. The molecular formula is C18H21N3S. The summed E-state index contributed by atoms with van der Waals surface area (Å²) < 4.78 is 0. The Hall–Kier alpha value is -1.91. The van der Waals surface area contributed by atoms with Crippen molar-refractivity contribution in [3.8, 4) is 10.4 Å². The molecule has 4 heteroatoms. The average molecular weight is 311 g/mol. The van der Waals surface area contributed by atoms with Crippen LogP contribution in [0.4, 0.5) is 0 Å². The van der Waals surface area contributed by atoms with Gasteiger partial charge >= 0.3 is 0 Å². The average Bonchev–Trinajstić information content (AvgIpc) is 3.11. The van der Waals surface area contributed by atoms with Crippen LogP contribution in [0.1, 0.15) is 18.4 Å². The topological polar surface area (TPSA) is 61.9 Å². The van der Waals surface area contributed by atoms with Crippen molar-refractivity contribution >= 4 is 23.2 Å². The molecule has 0 atom stereocenters. The van der Waals surface area contributed by atoms with Gasteiger partial charge in [0.2, 0.25) is 0 Å². The molecule has 22 heavy (non-hydrogen) atoms. The number of rotatable bonds is 4. The van der Waals surface area contributed by atoms with Crippen LogP contribution >= 0.6 is 11.3 Å². The largest absolute Gasteiger partial charge is 0.398 e. The third-order valence-electron chi connectivity index (χ3n) is 4.22. The zero-order chi connectivity index (χ0) is 15.4. The standard InChI is InChI=1S/C18H21N3S/c19-12-16(13-6-8-21-9-7-13)18(20)15-4-1-3-14(11-15)17-5-2-10-22-17/h1-5,10-13,19,21H,6-9,20H2/b18-16+,19-12?. The van der Waals surface area contributed by atoms with Crippen LogP contribution in [0.15, 0.2) is 47.4 Å². The van der Waals surface area contributed by atoms with Gasteiger partial charge in [0.15, 0.2) is 0 Å². The minimum Gasteiger partial charge on any atom is -0.398 e. The number of nitrogens with one attached hydrogen (secondary N) is 2. The molecule has 0 unspecified atom stereocenters. The number of piperidine rings is 1. The van der Waals surface area contributed by atoms with E-state index in [9.17, 15) is 0 Å². The Morgan fingerprint density at radius 2 is 2.05 bits per heavy atom. The van der Waals surface area contributed by atoms with E-state index < -0.39 is 0 Å². The Labute approximate surface area is 135 Å². The first kappa shape index (κ1) is 15.0. The van der Waals surface area contributed by atoms with E-state index in [1.54, 1.807) is 11.3 Å². The second-order valence-electron chi connectivity index (χ2n) is 5.60. The zero-order valence-corrected chi connectivity index (χ0v) is 13.3. The fourth-order valence-corrected chi connectivity index (χ4v) is 3.72. The Kier molecular flexibility index (Phi) is 4.71. The van der Waals surface area contributed by atoms with Crippen LogP contribution in [-0.2, 0) is 0 Å². The van der Waals surface area contributed by atoms with Crippen molar-refractivity contribution in [1.29, 1.82) is 5.41 Å². The summed E-state index contributed by atoms with van der Waals surface area (Å²) in [6, 6.07) is 12.5. The van der Waals surface area contributed by atoms with Crippen molar-refractivity contribution in [2.24, 2.45) is 11.7 Å². The molecule has 1 aliphatic rings. The minimum atomic E-state index is 0.393. The molecule has 1 aliphatic heterocycles. The molecule has 1 aromatic heterocycles. The highest BCUT2D eigenvalue weighted by molar-refractivity contribution is 7.13. The van der Waals surface area contributed by atoms with Gasteiger partial charge in [0.1, 0.15) is 0 Å². The van der Waals surface area contributed by atoms with E-state index in [4.69, 9.17) is 11.1 Å². The van der Waals surface area contributed by atoms with Gasteiger partial charge in [-0.05, 0) is 66.1 Å². The van der Waals surface area contributed by atoms with Gasteiger partial charge in [0, 0.05) is 16.8 Å². The van der Waals surface area contributed by atoms with Crippen LogP contribution in [0.3, 0.4) is 0 Å². The van der Waals surface area contributed by atoms with E-state index >= 15 is 0 Å². The second-order valence-corrected chi connectivity index (χ2v) is 6.54. The first-order valence-electron chi connectivity index (χ1n) is 7.64. The van der Waals surface area contributed by atoms with Gasteiger partial charge in [0.25, 0.3) is 0 Å². The third-order valence-corrected chi connectivity index (χ3v) is 5.14. The number of nitrogens with two attached hydrogens (primary N) is 1. The molecule has 4 N–H and O–H groups in total. The molecule has 1 saturated heterocycles. The first-order valence-corrected chi connectivity index (χ1v) is 8.52. The maximum Gasteiger partial charge on any atom is 0.0438 e. The fourth-order valence-electron chi connectivity index (χ4n) is 3.00. The Balaban J connectivity index is 1.95. The van der Waals surface area contributed by atoms with Crippen LogP contribution in [-0.4, -0.2) is 19.3 Å². The molecule has 0 saturated carbocycles. The highest BCUT2D eigenvalue weighted by atomic mass is 32.1. The first-order chi connectivity index (χ1) is 10.8. The van der Waals surface area contributed by atoms with Crippen LogP contribution < -0.4 is 11.1 Å². The summed E-state index contributed by atoms with van der Waals surface area (Å²) in [5.41, 5.74) is 10.3. The van der Waals surface area contributed by atoms with E-state index in [0.29, 0.717) is 5.92 Å². The highest BCUT2D eigenvalue weighted by Crippen LogP contribution is 2.29. The highest BCUT2D eigenvalue weighted by Gasteiger charge is 2.19. The molecule has 2 aromatic rings. The number of thiophene rings is 1. The molecule has 0 radical (unpaired) electrons. The number of hydrogen-bond donors (Lipinski definition) is 3. The van der Waals surface area contributed by atoms with Gasteiger partial charge in [-0.3, -0.25) is 0 Å². The lowest BCUT2D eigenvalue weighted by molar-refractivity contribution is 0.429. The minimum absolute atomic E-state index is 0.393. The van der Waals surface area contributed by atoms with Crippen molar-refractivity contribution < 1.29 is 0 Å². The van der Waals surface area contributed by atoms with Crippen molar-refractivity contribution in [3.63, 3.8) is 0 Å². The van der Waals surface area contributed by atoms with Crippen LogP contribution in [0.5, 0.6) is 0 Å². The summed E-state index contributed by atoms with van der Waals surface area (Å²) >= 11 is 1.73. The van der Waals surface area contributed by atoms with Crippen molar-refractivity contribution in [2.45, 2.75) is 12.8 Å². The summed E-state index contributed by atoms with van der Waals surface area (Å²) in [6.07, 6.45) is 3.55. The second kappa shape index (κ2) is 6.90. The molecule has 0 bridgehead atoms. The summed E-state index contributed by atoms with van der Waals surface area (Å²) in [7, 11) is 0. The maximum atomic E-state index is 7.79. The fraction of sp³-hybridized carbons (Fsp3) is 0.278. The van der Waals surface area contributed by atoms with Gasteiger partial charge in [-0.1, -0.05) is 24.3 Å². The van der Waals surface area contributed by atoms with Crippen LogP contribution in [0.2, 0.25) is 0 Å². The maximum absolute atomic E-state index is 7.79. The quantitative estimate of drug-likeness (QED) is 0.753. The molecule has 114 valence electrons. The zero-order valence-electron chi connectivity index (χ0n) is 12.5. The molecule has 1 fully saturated rings. The molecule has 0 spiro atoms. The van der Waals surface area contributed by atoms with E-state index in [2.05, 4.69) is 35.0 Å². The van der Waals surface area contributed by atoms with E-state index in [-0.39, 0.29) is 0 Å². The molecule has 3 nitrogen and oxygen atoms in total. The molecule has 3 rings (SSSR count).